The molecule has 6 nitrogen and oxygen atoms in total. The van der Waals surface area contributed by atoms with Crippen LogP contribution < -0.4 is 18.9 Å². The van der Waals surface area contributed by atoms with Crippen LogP contribution in [0.4, 0.5) is 0 Å². The monoisotopic (exact) mass is 371 g/mol. The number of amides is 1. The molecule has 0 saturated heterocycles. The molecule has 2 aromatic rings. The maximum Gasteiger partial charge on any atom is 0.246 e. The molecule has 0 aliphatic carbocycles. The number of ether oxygens (including phenoxy) is 4. The third-order valence-electron chi connectivity index (χ3n) is 3.98. The van der Waals surface area contributed by atoms with Crippen molar-refractivity contribution in [1.29, 1.82) is 0 Å². The fourth-order valence-electron chi connectivity index (χ4n) is 2.33. The van der Waals surface area contributed by atoms with E-state index in [1.165, 1.54) is 6.08 Å². The molecular formula is C21H25NO5. The molecule has 0 heterocycles. The summed E-state index contributed by atoms with van der Waals surface area (Å²) >= 11 is 0. The van der Waals surface area contributed by atoms with Crippen molar-refractivity contribution in [3.05, 3.63) is 54.1 Å². The maximum absolute atomic E-state index is 12.3. The first-order valence-electron chi connectivity index (χ1n) is 8.49. The van der Waals surface area contributed by atoms with Crippen LogP contribution in [0.15, 0.2) is 48.5 Å². The van der Waals surface area contributed by atoms with Crippen LogP contribution in [-0.2, 0) is 4.79 Å². The van der Waals surface area contributed by atoms with Crippen molar-refractivity contribution >= 4 is 12.0 Å². The smallest absolute Gasteiger partial charge is 0.246 e. The Morgan fingerprint density at radius 2 is 1.56 bits per heavy atom. The fraction of sp³-hybridized carbons (Fsp3) is 0.286. The van der Waals surface area contributed by atoms with Crippen molar-refractivity contribution in [2.75, 3.05) is 41.5 Å². The van der Waals surface area contributed by atoms with E-state index in [-0.39, 0.29) is 5.91 Å². The Morgan fingerprint density at radius 3 is 2.19 bits per heavy atom. The SMILES string of the molecule is COc1ccc(OCCN(C)C(=O)/C=C/c2ccc(OC)cc2OC)cc1. The van der Waals surface area contributed by atoms with Crippen LogP contribution in [0, 0.1) is 0 Å². The van der Waals surface area contributed by atoms with Gasteiger partial charge in [-0.3, -0.25) is 4.79 Å². The highest BCUT2D eigenvalue weighted by Gasteiger charge is 2.07. The molecule has 0 saturated carbocycles. The Labute approximate surface area is 159 Å². The second kappa shape index (κ2) is 10.1. The molecule has 1 amide bonds. The van der Waals surface area contributed by atoms with Crippen LogP contribution in [0.2, 0.25) is 0 Å². The van der Waals surface area contributed by atoms with Gasteiger partial charge in [0.1, 0.15) is 29.6 Å². The summed E-state index contributed by atoms with van der Waals surface area (Å²) in [5, 5.41) is 0. The van der Waals surface area contributed by atoms with E-state index in [1.54, 1.807) is 45.4 Å². The van der Waals surface area contributed by atoms with Gasteiger partial charge in [-0.15, -0.1) is 0 Å². The van der Waals surface area contributed by atoms with Gasteiger partial charge in [-0.05, 0) is 42.5 Å². The Hall–Kier alpha value is -3.15. The summed E-state index contributed by atoms with van der Waals surface area (Å²) in [5.41, 5.74) is 0.800. The third-order valence-corrected chi connectivity index (χ3v) is 3.98. The largest absolute Gasteiger partial charge is 0.497 e. The molecule has 144 valence electrons. The van der Waals surface area contributed by atoms with E-state index in [4.69, 9.17) is 18.9 Å². The predicted octanol–water partition coefficient (Wildman–Crippen LogP) is 3.26. The number of hydrogen-bond donors (Lipinski definition) is 0. The number of hydrogen-bond acceptors (Lipinski definition) is 5. The van der Waals surface area contributed by atoms with Gasteiger partial charge in [0.25, 0.3) is 0 Å². The molecule has 0 aromatic heterocycles. The lowest BCUT2D eigenvalue weighted by molar-refractivity contribution is -0.125. The van der Waals surface area contributed by atoms with Gasteiger partial charge in [-0.25, -0.2) is 0 Å². The summed E-state index contributed by atoms with van der Waals surface area (Å²) in [6.07, 6.45) is 3.24. The molecule has 0 fully saturated rings. The predicted molar refractivity (Wildman–Crippen MR) is 105 cm³/mol. The van der Waals surface area contributed by atoms with Gasteiger partial charge in [0.15, 0.2) is 0 Å². The fourth-order valence-corrected chi connectivity index (χ4v) is 2.33. The van der Waals surface area contributed by atoms with Gasteiger partial charge in [0, 0.05) is 24.8 Å². The maximum atomic E-state index is 12.3. The second-order valence-corrected chi connectivity index (χ2v) is 5.72. The Kier molecular flexibility index (Phi) is 7.55. The molecule has 0 spiro atoms. The minimum Gasteiger partial charge on any atom is -0.497 e. The van der Waals surface area contributed by atoms with Crippen LogP contribution in [0.25, 0.3) is 6.08 Å². The van der Waals surface area contributed by atoms with Crippen LogP contribution in [0.5, 0.6) is 23.0 Å². The molecule has 0 radical (unpaired) electrons. The number of carbonyl (C=O) groups is 1. The topological polar surface area (TPSA) is 57.2 Å². The average Bonchev–Trinajstić information content (AvgIpc) is 2.72. The first kappa shape index (κ1) is 20.2. The van der Waals surface area contributed by atoms with E-state index in [9.17, 15) is 4.79 Å². The van der Waals surface area contributed by atoms with E-state index >= 15 is 0 Å². The van der Waals surface area contributed by atoms with Crippen molar-refractivity contribution in [2.24, 2.45) is 0 Å². The first-order chi connectivity index (χ1) is 13.1. The lowest BCUT2D eigenvalue weighted by Crippen LogP contribution is -2.29. The Morgan fingerprint density at radius 1 is 0.926 bits per heavy atom. The van der Waals surface area contributed by atoms with E-state index in [0.29, 0.717) is 24.7 Å². The normalized spacial score (nSPS) is 10.5. The molecule has 0 atom stereocenters. The molecule has 2 aromatic carbocycles. The van der Waals surface area contributed by atoms with Crippen molar-refractivity contribution in [3.63, 3.8) is 0 Å². The molecule has 0 aliphatic rings. The number of carbonyl (C=O) groups excluding carboxylic acids is 1. The lowest BCUT2D eigenvalue weighted by atomic mass is 10.1. The molecule has 0 bridgehead atoms. The highest BCUT2D eigenvalue weighted by molar-refractivity contribution is 5.92. The van der Waals surface area contributed by atoms with Gasteiger partial charge in [0.2, 0.25) is 5.91 Å². The second-order valence-electron chi connectivity index (χ2n) is 5.72. The van der Waals surface area contributed by atoms with Crippen molar-refractivity contribution < 1.29 is 23.7 Å². The first-order valence-corrected chi connectivity index (χ1v) is 8.49. The summed E-state index contributed by atoms with van der Waals surface area (Å²) in [5.74, 6) is 2.72. The molecule has 27 heavy (non-hydrogen) atoms. The minimum absolute atomic E-state index is 0.119. The lowest BCUT2D eigenvalue weighted by Gasteiger charge is -2.16. The minimum atomic E-state index is -0.119. The number of rotatable bonds is 9. The standard InChI is InChI=1S/C21H25NO5/c1-22(13-14-27-18-10-8-17(24-2)9-11-18)21(23)12-6-16-5-7-19(25-3)15-20(16)26-4/h5-12,15H,13-14H2,1-4H3/b12-6+. The van der Waals surface area contributed by atoms with E-state index in [2.05, 4.69) is 0 Å². The quantitative estimate of drug-likeness (QED) is 0.633. The summed E-state index contributed by atoms with van der Waals surface area (Å²) in [4.78, 5) is 13.9. The summed E-state index contributed by atoms with van der Waals surface area (Å²) < 4.78 is 21.2. The molecule has 6 heteroatoms. The zero-order valence-corrected chi connectivity index (χ0v) is 16.1. The molecule has 2 rings (SSSR count). The zero-order valence-electron chi connectivity index (χ0n) is 16.1. The highest BCUT2D eigenvalue weighted by atomic mass is 16.5. The van der Waals surface area contributed by atoms with Crippen molar-refractivity contribution in [2.45, 2.75) is 0 Å². The number of methoxy groups -OCH3 is 3. The average molecular weight is 371 g/mol. The van der Waals surface area contributed by atoms with Crippen molar-refractivity contribution in [3.8, 4) is 23.0 Å². The zero-order chi connectivity index (χ0) is 19.6. The number of benzene rings is 2. The molecular weight excluding hydrogens is 346 g/mol. The van der Waals surface area contributed by atoms with Gasteiger partial charge in [-0.1, -0.05) is 0 Å². The van der Waals surface area contributed by atoms with E-state index in [1.807, 2.05) is 36.4 Å². The van der Waals surface area contributed by atoms with E-state index in [0.717, 1.165) is 17.1 Å². The summed E-state index contributed by atoms with van der Waals surface area (Å²) in [6.45, 7) is 0.864. The van der Waals surface area contributed by atoms with Gasteiger partial charge in [0.05, 0.1) is 27.9 Å². The Bertz CT molecular complexity index is 771. The Balaban J connectivity index is 1.86. The highest BCUT2D eigenvalue weighted by Crippen LogP contribution is 2.25. The summed E-state index contributed by atoms with van der Waals surface area (Å²) in [7, 11) is 6.52. The van der Waals surface area contributed by atoms with Crippen LogP contribution in [-0.4, -0.2) is 52.3 Å². The number of nitrogens with zero attached hydrogens (tertiary/aromatic N) is 1. The van der Waals surface area contributed by atoms with Crippen LogP contribution >= 0.6 is 0 Å². The number of likely N-dealkylation sites (N-methyl/N-ethyl adjacent to an activating group) is 1. The van der Waals surface area contributed by atoms with E-state index < -0.39 is 0 Å². The van der Waals surface area contributed by atoms with Gasteiger partial charge >= 0.3 is 0 Å². The van der Waals surface area contributed by atoms with Crippen LogP contribution in [0.1, 0.15) is 5.56 Å². The van der Waals surface area contributed by atoms with Gasteiger partial charge in [-0.2, -0.15) is 0 Å². The third kappa shape index (κ3) is 5.95. The van der Waals surface area contributed by atoms with Gasteiger partial charge < -0.3 is 23.8 Å². The molecule has 0 aliphatic heterocycles. The molecule has 0 unspecified atom stereocenters. The van der Waals surface area contributed by atoms with Crippen LogP contribution in [0.3, 0.4) is 0 Å². The summed E-state index contributed by atoms with van der Waals surface area (Å²) in [6, 6.07) is 12.8. The van der Waals surface area contributed by atoms with Crippen molar-refractivity contribution in [1.82, 2.24) is 4.90 Å². The molecule has 0 N–H and O–H groups in total.